The standard InChI is InChI=1S/C31H40N4O5/c1-7-33(8-2)16-12-18-35-27(22-14-15-23(39-9-3)24(19-22)40-10-4)25(29(37)31(35)38)28(36)26-21(6)34-17-11-13-20(5)30(34)32-26/h11,13-15,17,19,27,36H,7-10,12,16,18H2,1-6H3/b28-25+. The van der Waals surface area contributed by atoms with Gasteiger partial charge in [-0.25, -0.2) is 4.98 Å². The molecule has 1 unspecified atom stereocenters. The molecule has 0 radical (unpaired) electrons. The number of rotatable bonds is 12. The number of imidazole rings is 1. The smallest absolute Gasteiger partial charge is 0.295 e. The SMILES string of the molecule is CCOc1ccc(C2/C(=C(\O)c3nc4c(C)cccn4c3C)C(=O)C(=O)N2CCCN(CC)CC)cc1OCC. The van der Waals surface area contributed by atoms with Crippen LogP contribution in [0.2, 0.25) is 0 Å². The summed E-state index contributed by atoms with van der Waals surface area (Å²) >= 11 is 0. The number of nitrogens with zero attached hydrogens (tertiary/aromatic N) is 4. The van der Waals surface area contributed by atoms with Gasteiger partial charge >= 0.3 is 0 Å². The Bertz CT molecular complexity index is 1420. The Morgan fingerprint density at radius 3 is 2.38 bits per heavy atom. The van der Waals surface area contributed by atoms with E-state index in [9.17, 15) is 14.7 Å². The van der Waals surface area contributed by atoms with E-state index >= 15 is 0 Å². The van der Waals surface area contributed by atoms with Crippen LogP contribution in [-0.2, 0) is 9.59 Å². The Morgan fingerprint density at radius 2 is 1.73 bits per heavy atom. The predicted molar refractivity (Wildman–Crippen MR) is 155 cm³/mol. The molecule has 1 aliphatic rings. The first kappa shape index (κ1) is 29.1. The normalized spacial score (nSPS) is 16.9. The van der Waals surface area contributed by atoms with Crippen molar-refractivity contribution in [1.82, 2.24) is 19.2 Å². The number of benzene rings is 1. The van der Waals surface area contributed by atoms with Crippen LogP contribution in [-0.4, -0.2) is 75.4 Å². The van der Waals surface area contributed by atoms with Crippen molar-refractivity contribution in [2.75, 3.05) is 39.4 Å². The van der Waals surface area contributed by atoms with Crippen molar-refractivity contribution in [3.63, 3.8) is 0 Å². The number of amides is 1. The lowest BCUT2D eigenvalue weighted by atomic mass is 9.96. The third-order valence-electron chi connectivity index (χ3n) is 7.50. The summed E-state index contributed by atoms with van der Waals surface area (Å²) in [4.78, 5) is 35.6. The van der Waals surface area contributed by atoms with Crippen molar-refractivity contribution in [3.05, 3.63) is 64.6 Å². The number of carbonyl (C=O) groups excluding carboxylic acids is 2. The maximum atomic E-state index is 13.6. The first-order valence-electron chi connectivity index (χ1n) is 14.1. The maximum Gasteiger partial charge on any atom is 0.295 e. The zero-order chi connectivity index (χ0) is 29.0. The minimum atomic E-state index is -0.795. The van der Waals surface area contributed by atoms with Gasteiger partial charge in [-0.3, -0.25) is 9.59 Å². The van der Waals surface area contributed by atoms with Crippen LogP contribution in [0, 0.1) is 13.8 Å². The molecule has 9 heteroatoms. The molecular formula is C31H40N4O5. The summed E-state index contributed by atoms with van der Waals surface area (Å²) < 4.78 is 13.5. The van der Waals surface area contributed by atoms with Crippen molar-refractivity contribution in [3.8, 4) is 11.5 Å². The molecule has 4 rings (SSSR count). The molecule has 3 aromatic rings. The summed E-state index contributed by atoms with van der Waals surface area (Å²) in [6.45, 7) is 15.6. The highest BCUT2D eigenvalue weighted by molar-refractivity contribution is 6.46. The molecule has 2 aromatic heterocycles. The first-order valence-corrected chi connectivity index (χ1v) is 14.1. The number of carbonyl (C=O) groups is 2. The molecule has 0 spiro atoms. The minimum Gasteiger partial charge on any atom is -0.505 e. The van der Waals surface area contributed by atoms with Gasteiger partial charge in [0.15, 0.2) is 17.3 Å². The number of likely N-dealkylation sites (tertiary alicyclic amines) is 1. The number of aryl methyl sites for hydroxylation is 2. The van der Waals surface area contributed by atoms with Gasteiger partial charge in [0.2, 0.25) is 0 Å². The number of pyridine rings is 1. The second-order valence-corrected chi connectivity index (χ2v) is 9.88. The maximum absolute atomic E-state index is 13.6. The summed E-state index contributed by atoms with van der Waals surface area (Å²) in [6, 6.07) is 8.47. The fourth-order valence-electron chi connectivity index (χ4n) is 5.37. The van der Waals surface area contributed by atoms with Crippen molar-refractivity contribution in [1.29, 1.82) is 0 Å². The van der Waals surface area contributed by atoms with Crippen molar-refractivity contribution in [2.45, 2.75) is 54.0 Å². The molecular weight excluding hydrogens is 508 g/mol. The fourth-order valence-corrected chi connectivity index (χ4v) is 5.37. The van der Waals surface area contributed by atoms with E-state index in [4.69, 9.17) is 9.47 Å². The molecule has 0 bridgehead atoms. The molecule has 40 heavy (non-hydrogen) atoms. The summed E-state index contributed by atoms with van der Waals surface area (Å²) in [7, 11) is 0. The molecule has 1 atom stereocenters. The summed E-state index contributed by atoms with van der Waals surface area (Å²) in [5.41, 5.74) is 3.29. The van der Waals surface area contributed by atoms with E-state index in [0.717, 1.165) is 25.2 Å². The number of aliphatic hydroxyl groups excluding tert-OH is 1. The molecule has 0 saturated carbocycles. The Hall–Kier alpha value is -3.85. The average Bonchev–Trinajstić information content (AvgIpc) is 3.42. The lowest BCUT2D eigenvalue weighted by Gasteiger charge is -2.27. The number of hydrogen-bond donors (Lipinski definition) is 1. The molecule has 1 fully saturated rings. The van der Waals surface area contributed by atoms with Crippen LogP contribution < -0.4 is 9.47 Å². The van der Waals surface area contributed by atoms with E-state index in [1.54, 1.807) is 17.0 Å². The van der Waals surface area contributed by atoms with E-state index < -0.39 is 17.7 Å². The number of hydrogen-bond acceptors (Lipinski definition) is 7. The number of Topliss-reactive ketones (excluding diaryl/α,β-unsaturated/α-hetero) is 1. The van der Waals surface area contributed by atoms with Gasteiger partial charge in [-0.15, -0.1) is 0 Å². The van der Waals surface area contributed by atoms with Gasteiger partial charge in [0.25, 0.3) is 11.7 Å². The summed E-state index contributed by atoms with van der Waals surface area (Å²) in [5, 5.41) is 11.7. The highest BCUT2D eigenvalue weighted by Crippen LogP contribution is 2.42. The van der Waals surface area contributed by atoms with Gasteiger partial charge in [-0.1, -0.05) is 26.0 Å². The monoisotopic (exact) mass is 548 g/mol. The zero-order valence-electron chi connectivity index (χ0n) is 24.4. The van der Waals surface area contributed by atoms with Crippen molar-refractivity contribution in [2.24, 2.45) is 0 Å². The predicted octanol–water partition coefficient (Wildman–Crippen LogP) is 4.90. The molecule has 1 amide bonds. The third kappa shape index (κ3) is 5.43. The van der Waals surface area contributed by atoms with E-state index in [-0.39, 0.29) is 17.0 Å². The van der Waals surface area contributed by atoms with E-state index in [1.165, 1.54) is 0 Å². The second-order valence-electron chi connectivity index (χ2n) is 9.88. The van der Waals surface area contributed by atoms with Gasteiger partial charge in [-0.2, -0.15) is 0 Å². The van der Waals surface area contributed by atoms with Crippen LogP contribution in [0.3, 0.4) is 0 Å². The first-order chi connectivity index (χ1) is 19.3. The molecule has 0 aliphatic carbocycles. The van der Waals surface area contributed by atoms with Crippen LogP contribution in [0.15, 0.2) is 42.1 Å². The minimum absolute atomic E-state index is 0.0311. The Labute approximate surface area is 236 Å². The topological polar surface area (TPSA) is 96.6 Å². The fraction of sp³-hybridized carbons (Fsp3) is 0.452. The van der Waals surface area contributed by atoms with Crippen LogP contribution in [0.25, 0.3) is 11.4 Å². The zero-order valence-corrected chi connectivity index (χ0v) is 24.4. The second kappa shape index (κ2) is 12.6. The Balaban J connectivity index is 1.86. The lowest BCUT2D eigenvalue weighted by Crippen LogP contribution is -2.33. The summed E-state index contributed by atoms with van der Waals surface area (Å²) in [5.74, 6) is -0.517. The molecule has 1 N–H and O–H groups in total. The lowest BCUT2D eigenvalue weighted by molar-refractivity contribution is -0.140. The highest BCUT2D eigenvalue weighted by Gasteiger charge is 2.46. The molecule has 214 valence electrons. The van der Waals surface area contributed by atoms with Gasteiger partial charge in [-0.05, 0) is 83.1 Å². The van der Waals surface area contributed by atoms with Gasteiger partial charge in [0.05, 0.1) is 30.5 Å². The van der Waals surface area contributed by atoms with Crippen LogP contribution >= 0.6 is 0 Å². The molecule has 1 saturated heterocycles. The quantitative estimate of drug-likeness (QED) is 0.195. The van der Waals surface area contributed by atoms with Gasteiger partial charge in [0.1, 0.15) is 11.3 Å². The van der Waals surface area contributed by atoms with Crippen LogP contribution in [0.1, 0.15) is 62.7 Å². The number of fused-ring (bicyclic) bond motifs is 1. The van der Waals surface area contributed by atoms with Gasteiger partial charge in [0, 0.05) is 12.7 Å². The van der Waals surface area contributed by atoms with Crippen LogP contribution in [0.4, 0.5) is 0 Å². The molecule has 1 aromatic carbocycles. The third-order valence-corrected chi connectivity index (χ3v) is 7.50. The largest absolute Gasteiger partial charge is 0.505 e. The van der Waals surface area contributed by atoms with E-state index in [2.05, 4.69) is 23.7 Å². The number of aliphatic hydroxyl groups is 1. The van der Waals surface area contributed by atoms with Crippen molar-refractivity contribution < 1.29 is 24.2 Å². The number of ether oxygens (including phenoxy) is 2. The van der Waals surface area contributed by atoms with Crippen molar-refractivity contribution >= 4 is 23.1 Å². The van der Waals surface area contributed by atoms with E-state index in [0.29, 0.717) is 54.6 Å². The summed E-state index contributed by atoms with van der Waals surface area (Å²) in [6.07, 6.45) is 2.55. The number of ketones is 1. The van der Waals surface area contributed by atoms with Crippen LogP contribution in [0.5, 0.6) is 11.5 Å². The average molecular weight is 549 g/mol. The Morgan fingerprint density at radius 1 is 1.02 bits per heavy atom. The number of aromatic nitrogens is 2. The molecule has 9 nitrogen and oxygen atoms in total. The van der Waals surface area contributed by atoms with Gasteiger partial charge < -0.3 is 28.8 Å². The Kier molecular flexibility index (Phi) is 9.14. The van der Waals surface area contributed by atoms with E-state index in [1.807, 2.05) is 56.5 Å². The molecule has 1 aliphatic heterocycles. The highest BCUT2D eigenvalue weighted by atomic mass is 16.5. The molecule has 3 heterocycles.